The Morgan fingerprint density at radius 1 is 1.41 bits per heavy atom. The van der Waals surface area contributed by atoms with E-state index in [9.17, 15) is 13.6 Å². The molecule has 0 aliphatic carbocycles. The minimum absolute atomic E-state index is 0.0131. The Kier molecular flexibility index (Phi) is 4.12. The first-order valence-electron chi connectivity index (χ1n) is 4.66. The molecule has 4 nitrogen and oxygen atoms in total. The van der Waals surface area contributed by atoms with Gasteiger partial charge in [-0.25, -0.2) is 8.78 Å². The summed E-state index contributed by atoms with van der Waals surface area (Å²) in [4.78, 5) is 10.5. The highest BCUT2D eigenvalue weighted by molar-refractivity contribution is 5.71. The number of aliphatic hydroxyl groups excluding tert-OH is 1. The first kappa shape index (κ1) is 13.1. The third kappa shape index (κ3) is 2.98. The van der Waals surface area contributed by atoms with E-state index < -0.39 is 31.0 Å². The predicted molar refractivity (Wildman–Crippen MR) is 53.4 cm³/mol. The number of carboxylic acid groups (broad SMARTS) is 1. The second-order valence-corrected chi connectivity index (χ2v) is 3.35. The maximum atomic E-state index is 12.6. The lowest BCUT2D eigenvalue weighted by Gasteiger charge is -2.10. The Hall–Kier alpha value is -2.00. The standard InChI is InChI=1S/C11H9F2NO3/c12-11(13)9-2-6(3-10(16)17)7(4-14)1-8(9)5-15/h1-2,11,15H,3,5H2,(H,16,17). The molecule has 0 aromatic heterocycles. The van der Waals surface area contributed by atoms with E-state index in [1.807, 2.05) is 0 Å². The molecule has 6 heteroatoms. The van der Waals surface area contributed by atoms with Gasteiger partial charge in [-0.05, 0) is 23.3 Å². The molecule has 2 N–H and O–H groups in total. The molecule has 1 aromatic carbocycles. The molecular formula is C11H9F2NO3. The number of carboxylic acids is 1. The predicted octanol–water partition coefficient (Wildman–Crippen LogP) is 1.62. The van der Waals surface area contributed by atoms with Crippen LogP contribution in [0.15, 0.2) is 12.1 Å². The lowest BCUT2D eigenvalue weighted by atomic mass is 9.97. The van der Waals surface area contributed by atoms with E-state index in [1.165, 1.54) is 0 Å². The van der Waals surface area contributed by atoms with Gasteiger partial charge in [0, 0.05) is 5.56 Å². The van der Waals surface area contributed by atoms with Crippen LogP contribution in [-0.2, 0) is 17.8 Å². The molecule has 0 aliphatic rings. The average molecular weight is 241 g/mol. The number of rotatable bonds is 4. The van der Waals surface area contributed by atoms with Gasteiger partial charge >= 0.3 is 5.97 Å². The topological polar surface area (TPSA) is 81.3 Å². The Labute approximate surface area is 95.7 Å². The fourth-order valence-corrected chi connectivity index (χ4v) is 1.46. The van der Waals surface area contributed by atoms with Crippen LogP contribution in [0.1, 0.15) is 28.7 Å². The van der Waals surface area contributed by atoms with Crippen LogP contribution < -0.4 is 0 Å². The highest BCUT2D eigenvalue weighted by Gasteiger charge is 2.17. The second-order valence-electron chi connectivity index (χ2n) is 3.35. The molecule has 1 rings (SSSR count). The highest BCUT2D eigenvalue weighted by atomic mass is 19.3. The summed E-state index contributed by atoms with van der Waals surface area (Å²) in [5, 5.41) is 26.3. The van der Waals surface area contributed by atoms with E-state index in [2.05, 4.69) is 0 Å². The van der Waals surface area contributed by atoms with Crippen LogP contribution in [0, 0.1) is 11.3 Å². The van der Waals surface area contributed by atoms with Crippen LogP contribution in [0.2, 0.25) is 0 Å². The second kappa shape index (κ2) is 5.37. The number of alkyl halides is 2. The number of aliphatic carboxylic acids is 1. The van der Waals surface area contributed by atoms with Crippen molar-refractivity contribution in [3.05, 3.63) is 34.4 Å². The van der Waals surface area contributed by atoms with Crippen molar-refractivity contribution in [3.8, 4) is 6.07 Å². The van der Waals surface area contributed by atoms with Gasteiger partial charge in [-0.15, -0.1) is 0 Å². The van der Waals surface area contributed by atoms with Crippen molar-refractivity contribution in [2.45, 2.75) is 19.5 Å². The molecular weight excluding hydrogens is 232 g/mol. The van der Waals surface area contributed by atoms with E-state index in [0.29, 0.717) is 0 Å². The Morgan fingerprint density at radius 2 is 2.06 bits per heavy atom. The maximum absolute atomic E-state index is 12.6. The van der Waals surface area contributed by atoms with Crippen molar-refractivity contribution < 1.29 is 23.8 Å². The zero-order valence-electron chi connectivity index (χ0n) is 8.65. The minimum atomic E-state index is -2.82. The van der Waals surface area contributed by atoms with Gasteiger partial charge in [0.1, 0.15) is 0 Å². The number of nitrogens with zero attached hydrogens (tertiary/aromatic N) is 1. The fraction of sp³-hybridized carbons (Fsp3) is 0.273. The number of nitriles is 1. The molecule has 0 spiro atoms. The van der Waals surface area contributed by atoms with Crippen molar-refractivity contribution >= 4 is 5.97 Å². The molecule has 0 fully saturated rings. The van der Waals surface area contributed by atoms with Gasteiger partial charge in [-0.3, -0.25) is 4.79 Å². The van der Waals surface area contributed by atoms with Gasteiger partial charge < -0.3 is 10.2 Å². The van der Waals surface area contributed by atoms with Gasteiger partial charge in [-0.2, -0.15) is 5.26 Å². The summed E-state index contributed by atoms with van der Waals surface area (Å²) < 4.78 is 25.3. The third-order valence-electron chi connectivity index (χ3n) is 2.23. The molecule has 0 aliphatic heterocycles. The van der Waals surface area contributed by atoms with Crippen molar-refractivity contribution in [2.24, 2.45) is 0 Å². The Morgan fingerprint density at radius 3 is 2.47 bits per heavy atom. The summed E-state index contributed by atoms with van der Waals surface area (Å²) in [6.45, 7) is -0.623. The van der Waals surface area contributed by atoms with Crippen LogP contribution in [0.25, 0.3) is 0 Å². The molecule has 17 heavy (non-hydrogen) atoms. The number of hydrogen-bond acceptors (Lipinski definition) is 3. The quantitative estimate of drug-likeness (QED) is 0.839. The largest absolute Gasteiger partial charge is 0.481 e. The Bertz CT molecular complexity index is 480. The normalized spacial score (nSPS) is 10.3. The number of aliphatic hydroxyl groups is 1. The average Bonchev–Trinajstić information content (AvgIpc) is 2.27. The summed E-state index contributed by atoms with van der Waals surface area (Å²) in [6.07, 6.45) is -3.33. The van der Waals surface area contributed by atoms with Gasteiger partial charge in [0.05, 0.1) is 24.7 Å². The summed E-state index contributed by atoms with van der Waals surface area (Å²) in [6, 6.07) is 3.78. The molecule has 0 unspecified atom stereocenters. The molecule has 1 aromatic rings. The molecule has 0 heterocycles. The summed E-state index contributed by atoms with van der Waals surface area (Å²) >= 11 is 0. The fourth-order valence-electron chi connectivity index (χ4n) is 1.46. The van der Waals surface area contributed by atoms with E-state index in [-0.39, 0.29) is 16.7 Å². The van der Waals surface area contributed by atoms with Crippen LogP contribution in [0.3, 0.4) is 0 Å². The van der Waals surface area contributed by atoms with E-state index >= 15 is 0 Å². The van der Waals surface area contributed by atoms with Gasteiger partial charge in [0.15, 0.2) is 0 Å². The summed E-state index contributed by atoms with van der Waals surface area (Å²) in [5.41, 5.74) is -0.498. The van der Waals surface area contributed by atoms with Crippen LogP contribution in [0.5, 0.6) is 0 Å². The first-order valence-corrected chi connectivity index (χ1v) is 4.66. The Balaban J connectivity index is 3.34. The monoisotopic (exact) mass is 241 g/mol. The number of halogens is 2. The zero-order valence-corrected chi connectivity index (χ0v) is 8.65. The highest BCUT2D eigenvalue weighted by Crippen LogP contribution is 2.26. The molecule has 0 amide bonds. The summed E-state index contributed by atoms with van der Waals surface area (Å²) in [7, 11) is 0. The lowest BCUT2D eigenvalue weighted by molar-refractivity contribution is -0.136. The van der Waals surface area contributed by atoms with Crippen LogP contribution in [-0.4, -0.2) is 16.2 Å². The third-order valence-corrected chi connectivity index (χ3v) is 2.23. The summed E-state index contributed by atoms with van der Waals surface area (Å²) in [5.74, 6) is -1.21. The van der Waals surface area contributed by atoms with Crippen molar-refractivity contribution in [2.75, 3.05) is 0 Å². The molecule has 0 saturated heterocycles. The first-order chi connectivity index (χ1) is 7.99. The maximum Gasteiger partial charge on any atom is 0.307 e. The minimum Gasteiger partial charge on any atom is -0.481 e. The number of carbonyl (C=O) groups is 1. The van der Waals surface area contributed by atoms with Crippen molar-refractivity contribution in [3.63, 3.8) is 0 Å². The van der Waals surface area contributed by atoms with Crippen molar-refractivity contribution in [1.29, 1.82) is 5.26 Å². The molecule has 90 valence electrons. The van der Waals surface area contributed by atoms with Crippen LogP contribution in [0.4, 0.5) is 8.78 Å². The van der Waals surface area contributed by atoms with E-state index in [4.69, 9.17) is 15.5 Å². The molecule has 0 atom stereocenters. The van der Waals surface area contributed by atoms with E-state index in [1.54, 1.807) is 6.07 Å². The number of benzene rings is 1. The molecule has 0 bridgehead atoms. The van der Waals surface area contributed by atoms with E-state index in [0.717, 1.165) is 12.1 Å². The molecule has 0 saturated carbocycles. The van der Waals surface area contributed by atoms with Gasteiger partial charge in [0.25, 0.3) is 6.43 Å². The zero-order chi connectivity index (χ0) is 13.0. The smallest absolute Gasteiger partial charge is 0.307 e. The van der Waals surface area contributed by atoms with Crippen LogP contribution >= 0.6 is 0 Å². The SMILES string of the molecule is N#Cc1cc(CO)c(C(F)F)cc1CC(=O)O. The lowest BCUT2D eigenvalue weighted by Crippen LogP contribution is -2.06. The van der Waals surface area contributed by atoms with Crippen molar-refractivity contribution in [1.82, 2.24) is 0 Å². The number of hydrogen-bond donors (Lipinski definition) is 2. The van der Waals surface area contributed by atoms with Gasteiger partial charge in [-0.1, -0.05) is 0 Å². The molecule has 0 radical (unpaired) electrons. The van der Waals surface area contributed by atoms with Gasteiger partial charge in [0.2, 0.25) is 0 Å².